The average molecular weight is 400 g/mol. The molecular weight excluding hydrogens is 391 g/mol. The van der Waals surface area contributed by atoms with Crippen LogP contribution in [0, 0.1) is 0 Å². The molecule has 0 saturated carbocycles. The number of nitrogens with one attached hydrogen (secondary N) is 1. The van der Waals surface area contributed by atoms with Crippen LogP contribution in [-0.2, 0) is 22.7 Å². The molecule has 2 rings (SSSR count). The Morgan fingerprint density at radius 1 is 1.10 bits per heavy atom. The first-order valence-electron chi connectivity index (χ1n) is 5.59. The molecule has 0 aliphatic heterocycles. The predicted octanol–water partition coefficient (Wildman–Crippen LogP) is 4.01. The maximum absolute atomic E-state index is 12.4. The number of thiophene rings is 1. The lowest BCUT2D eigenvalue weighted by molar-refractivity contribution is -0.137. The molecule has 0 bridgehead atoms. The van der Waals surface area contributed by atoms with E-state index < -0.39 is 21.8 Å². The topological polar surface area (TPSA) is 46.2 Å². The van der Waals surface area contributed by atoms with E-state index in [0.29, 0.717) is 9.35 Å². The van der Waals surface area contributed by atoms with Crippen molar-refractivity contribution < 1.29 is 21.6 Å². The first-order valence-corrected chi connectivity index (χ1v) is 8.69. The van der Waals surface area contributed by atoms with Crippen LogP contribution in [0.5, 0.6) is 0 Å². The summed E-state index contributed by atoms with van der Waals surface area (Å²) in [6, 6.07) is 7.39. The molecule has 2 aromatic rings. The van der Waals surface area contributed by atoms with Gasteiger partial charge in [0, 0.05) is 6.54 Å². The van der Waals surface area contributed by atoms with Gasteiger partial charge < -0.3 is 0 Å². The van der Waals surface area contributed by atoms with Gasteiger partial charge in [-0.2, -0.15) is 13.2 Å². The number of hydrogen-bond acceptors (Lipinski definition) is 3. The Hall–Kier alpha value is -0.900. The minimum Gasteiger partial charge on any atom is -0.206 e. The molecule has 1 N–H and O–H groups in total. The van der Waals surface area contributed by atoms with E-state index in [1.54, 1.807) is 6.07 Å². The molecule has 1 heterocycles. The van der Waals surface area contributed by atoms with Gasteiger partial charge in [0.15, 0.2) is 0 Å². The van der Waals surface area contributed by atoms with Crippen LogP contribution >= 0.6 is 27.3 Å². The fourth-order valence-corrected chi connectivity index (χ4v) is 4.58. The van der Waals surface area contributed by atoms with Crippen LogP contribution in [0.25, 0.3) is 0 Å². The predicted molar refractivity (Wildman–Crippen MR) is 77.5 cm³/mol. The fourth-order valence-electron chi connectivity index (χ4n) is 1.50. The van der Waals surface area contributed by atoms with Crippen molar-refractivity contribution in [3.63, 3.8) is 0 Å². The molecule has 21 heavy (non-hydrogen) atoms. The van der Waals surface area contributed by atoms with Crippen LogP contribution in [0.1, 0.15) is 11.1 Å². The van der Waals surface area contributed by atoms with Gasteiger partial charge in [-0.3, -0.25) is 0 Å². The van der Waals surface area contributed by atoms with Crippen molar-refractivity contribution in [1.82, 2.24) is 4.72 Å². The van der Waals surface area contributed by atoms with Gasteiger partial charge in [0.1, 0.15) is 4.21 Å². The van der Waals surface area contributed by atoms with E-state index in [4.69, 9.17) is 0 Å². The number of alkyl halides is 3. The highest BCUT2D eigenvalue weighted by molar-refractivity contribution is 9.11. The summed E-state index contributed by atoms with van der Waals surface area (Å²) >= 11 is 4.22. The molecule has 0 aliphatic carbocycles. The molecule has 0 radical (unpaired) electrons. The van der Waals surface area contributed by atoms with Gasteiger partial charge in [0.25, 0.3) is 0 Å². The maximum atomic E-state index is 12.4. The van der Waals surface area contributed by atoms with Crippen LogP contribution in [0.4, 0.5) is 13.2 Å². The highest BCUT2D eigenvalue weighted by atomic mass is 79.9. The van der Waals surface area contributed by atoms with Crippen molar-refractivity contribution in [2.45, 2.75) is 16.9 Å². The monoisotopic (exact) mass is 399 g/mol. The number of halogens is 4. The van der Waals surface area contributed by atoms with E-state index in [9.17, 15) is 21.6 Å². The minimum atomic E-state index is -4.40. The molecular formula is C12H9BrF3NO2S2. The standard InChI is InChI=1S/C12H9BrF3NO2S2/c13-10-5-6-11(20-10)21(18,19)17-7-8-1-3-9(4-2-8)12(14,15)16/h1-6,17H,7H2. The minimum absolute atomic E-state index is 0.0734. The lowest BCUT2D eigenvalue weighted by atomic mass is 10.1. The van der Waals surface area contributed by atoms with E-state index >= 15 is 0 Å². The normalized spacial score (nSPS) is 12.6. The zero-order valence-electron chi connectivity index (χ0n) is 10.3. The largest absolute Gasteiger partial charge is 0.416 e. The number of rotatable bonds is 4. The summed E-state index contributed by atoms with van der Waals surface area (Å²) in [5, 5.41) is 0. The fraction of sp³-hybridized carbons (Fsp3) is 0.167. The van der Waals surface area contributed by atoms with Crippen LogP contribution in [-0.4, -0.2) is 8.42 Å². The Bertz CT molecular complexity index is 724. The highest BCUT2D eigenvalue weighted by Gasteiger charge is 2.29. The van der Waals surface area contributed by atoms with Crippen molar-refractivity contribution in [1.29, 1.82) is 0 Å². The second kappa shape index (κ2) is 6.07. The molecule has 0 fully saturated rings. The quantitative estimate of drug-likeness (QED) is 0.843. The third-order valence-corrected chi connectivity index (χ3v) is 6.08. The molecule has 1 aromatic carbocycles. The smallest absolute Gasteiger partial charge is 0.206 e. The van der Waals surface area contributed by atoms with Crippen molar-refractivity contribution >= 4 is 37.3 Å². The summed E-state index contributed by atoms with van der Waals surface area (Å²) in [4.78, 5) is 0. The van der Waals surface area contributed by atoms with Crippen LogP contribution in [0.2, 0.25) is 0 Å². The number of hydrogen-bond donors (Lipinski definition) is 1. The van der Waals surface area contributed by atoms with Gasteiger partial charge in [-0.05, 0) is 45.8 Å². The van der Waals surface area contributed by atoms with Crippen LogP contribution in [0.3, 0.4) is 0 Å². The summed E-state index contributed by atoms with van der Waals surface area (Å²) in [6.07, 6.45) is -4.40. The second-order valence-corrected chi connectivity index (χ2v) is 8.53. The molecule has 9 heteroatoms. The highest BCUT2D eigenvalue weighted by Crippen LogP contribution is 2.29. The summed E-state index contributed by atoms with van der Waals surface area (Å²) in [5.74, 6) is 0. The number of sulfonamides is 1. The van der Waals surface area contributed by atoms with Gasteiger partial charge in [-0.25, -0.2) is 13.1 Å². The Morgan fingerprint density at radius 3 is 2.19 bits per heavy atom. The second-order valence-electron chi connectivity index (χ2n) is 4.08. The van der Waals surface area contributed by atoms with Crippen molar-refractivity contribution in [2.75, 3.05) is 0 Å². The third-order valence-electron chi connectivity index (χ3n) is 2.56. The Labute approximate surface area is 132 Å². The van der Waals surface area contributed by atoms with Gasteiger partial charge in [0.2, 0.25) is 10.0 Å². The SMILES string of the molecule is O=S(=O)(NCc1ccc(C(F)(F)F)cc1)c1ccc(Br)s1. The van der Waals surface area contributed by atoms with Gasteiger partial charge in [0.05, 0.1) is 9.35 Å². The van der Waals surface area contributed by atoms with E-state index in [0.717, 1.165) is 23.5 Å². The van der Waals surface area contributed by atoms with E-state index in [-0.39, 0.29) is 10.8 Å². The van der Waals surface area contributed by atoms with Crippen LogP contribution < -0.4 is 4.72 Å². The first kappa shape index (κ1) is 16.5. The van der Waals surface area contributed by atoms with Crippen molar-refractivity contribution in [2.24, 2.45) is 0 Å². The molecule has 0 amide bonds. The van der Waals surface area contributed by atoms with E-state index in [1.807, 2.05) is 0 Å². The summed E-state index contributed by atoms with van der Waals surface area (Å²) in [6.45, 7) is -0.0734. The number of benzene rings is 1. The average Bonchev–Trinajstić information content (AvgIpc) is 2.83. The Morgan fingerprint density at radius 2 is 1.71 bits per heavy atom. The Balaban J connectivity index is 2.06. The molecule has 0 unspecified atom stereocenters. The first-order chi connectivity index (χ1) is 9.68. The molecule has 0 aliphatic rings. The third kappa shape index (κ3) is 4.29. The summed E-state index contributed by atoms with van der Waals surface area (Å²) in [7, 11) is -3.66. The van der Waals surface area contributed by atoms with Crippen molar-refractivity contribution in [3.8, 4) is 0 Å². The lowest BCUT2D eigenvalue weighted by Crippen LogP contribution is -2.22. The molecule has 1 aromatic heterocycles. The Kier molecular flexibility index (Phi) is 4.76. The van der Waals surface area contributed by atoms with Crippen molar-refractivity contribution in [3.05, 3.63) is 51.3 Å². The molecule has 0 spiro atoms. The summed E-state index contributed by atoms with van der Waals surface area (Å²) < 4.78 is 64.3. The van der Waals surface area contributed by atoms with E-state index in [1.165, 1.54) is 18.2 Å². The van der Waals surface area contributed by atoms with Gasteiger partial charge >= 0.3 is 6.18 Å². The molecule has 114 valence electrons. The zero-order chi connectivity index (χ0) is 15.7. The van der Waals surface area contributed by atoms with Gasteiger partial charge in [-0.1, -0.05) is 12.1 Å². The van der Waals surface area contributed by atoms with Crippen LogP contribution in [0.15, 0.2) is 44.4 Å². The maximum Gasteiger partial charge on any atom is 0.416 e. The zero-order valence-corrected chi connectivity index (χ0v) is 13.5. The van der Waals surface area contributed by atoms with E-state index in [2.05, 4.69) is 20.7 Å². The molecule has 0 atom stereocenters. The molecule has 3 nitrogen and oxygen atoms in total. The lowest BCUT2D eigenvalue weighted by Gasteiger charge is -2.08. The summed E-state index contributed by atoms with van der Waals surface area (Å²) in [5.41, 5.74) is -0.321. The molecule has 0 saturated heterocycles. The van der Waals surface area contributed by atoms with Gasteiger partial charge in [-0.15, -0.1) is 11.3 Å².